The number of hydrogen-bond donors (Lipinski definition) is 3. The molecule has 2 aromatic carbocycles. The first-order chi connectivity index (χ1) is 18.8. The Labute approximate surface area is 230 Å². The Balaban J connectivity index is 1.71. The molecule has 1 saturated heterocycles. The molecule has 0 radical (unpaired) electrons. The number of piperazine rings is 1. The van der Waals surface area contributed by atoms with Gasteiger partial charge in [0.1, 0.15) is 0 Å². The summed E-state index contributed by atoms with van der Waals surface area (Å²) in [5.41, 5.74) is 7.70. The number of aryl methyl sites for hydroxylation is 3. The Morgan fingerprint density at radius 2 is 1.77 bits per heavy atom. The summed E-state index contributed by atoms with van der Waals surface area (Å²) in [6, 6.07) is 9.79. The number of aliphatic hydroxyl groups is 1. The van der Waals surface area contributed by atoms with Gasteiger partial charge < -0.3 is 24.6 Å². The van der Waals surface area contributed by atoms with E-state index in [1.165, 1.54) is 18.4 Å². The van der Waals surface area contributed by atoms with Gasteiger partial charge in [0.15, 0.2) is 0 Å². The third kappa shape index (κ3) is 6.04. The average Bonchev–Trinajstić information content (AvgIpc) is 3.17. The van der Waals surface area contributed by atoms with Gasteiger partial charge in [-0.1, -0.05) is 19.1 Å². The standard InChI is InChI=1S/C30H41N5O4/c1-6-10-35-22(4)21(3)24-17-23(29(37)34-13-11-33(12-14-34)15-16-36)18-27(28(24)35)31-19-25-20(2)8-7-9-26(25)32-30(38)39-5/h7-9,17-18,31,36H,6,10-16,19H2,1-5H3,(H,32,38). The van der Waals surface area contributed by atoms with Gasteiger partial charge in [-0.3, -0.25) is 15.0 Å². The van der Waals surface area contributed by atoms with E-state index in [9.17, 15) is 14.7 Å². The molecule has 0 bridgehead atoms. The summed E-state index contributed by atoms with van der Waals surface area (Å²) < 4.78 is 7.15. The van der Waals surface area contributed by atoms with E-state index in [-0.39, 0.29) is 12.5 Å². The van der Waals surface area contributed by atoms with Crippen LogP contribution in [0.4, 0.5) is 16.2 Å². The third-order valence-electron chi connectivity index (χ3n) is 7.79. The number of ether oxygens (including phenoxy) is 1. The lowest BCUT2D eigenvalue weighted by atomic mass is 10.0. The van der Waals surface area contributed by atoms with Crippen LogP contribution in [0.15, 0.2) is 30.3 Å². The number of nitrogens with one attached hydrogen (secondary N) is 2. The molecule has 0 saturated carbocycles. The minimum absolute atomic E-state index is 0.0211. The molecule has 0 spiro atoms. The van der Waals surface area contributed by atoms with Crippen LogP contribution in [-0.2, 0) is 17.8 Å². The Morgan fingerprint density at radius 3 is 2.44 bits per heavy atom. The Hall–Kier alpha value is -3.56. The van der Waals surface area contributed by atoms with Crippen molar-refractivity contribution in [3.05, 3.63) is 58.3 Å². The van der Waals surface area contributed by atoms with Crippen molar-refractivity contribution in [3.8, 4) is 0 Å². The monoisotopic (exact) mass is 535 g/mol. The number of aromatic nitrogens is 1. The number of methoxy groups -OCH3 is 1. The number of anilines is 2. The average molecular weight is 536 g/mol. The fraction of sp³-hybridized carbons (Fsp3) is 0.467. The van der Waals surface area contributed by atoms with Crippen molar-refractivity contribution < 1.29 is 19.4 Å². The maximum absolute atomic E-state index is 13.7. The first-order valence-electron chi connectivity index (χ1n) is 13.7. The van der Waals surface area contributed by atoms with Gasteiger partial charge in [-0.2, -0.15) is 0 Å². The zero-order valence-electron chi connectivity index (χ0n) is 23.8. The van der Waals surface area contributed by atoms with Crippen LogP contribution in [0.5, 0.6) is 0 Å². The Bertz CT molecular complexity index is 1340. The third-order valence-corrected chi connectivity index (χ3v) is 7.79. The number of β-amino-alcohol motifs (C(OH)–C–C–N with tert-alkyl or cyclic N) is 1. The highest BCUT2D eigenvalue weighted by Gasteiger charge is 2.24. The molecule has 210 valence electrons. The Morgan fingerprint density at radius 1 is 1.03 bits per heavy atom. The van der Waals surface area contributed by atoms with Crippen LogP contribution in [0.3, 0.4) is 0 Å². The number of hydrogen-bond acceptors (Lipinski definition) is 6. The van der Waals surface area contributed by atoms with Crippen LogP contribution < -0.4 is 10.6 Å². The normalized spacial score (nSPS) is 14.1. The molecule has 39 heavy (non-hydrogen) atoms. The van der Waals surface area contributed by atoms with Gasteiger partial charge in [-0.15, -0.1) is 0 Å². The van der Waals surface area contributed by atoms with Crippen LogP contribution in [0, 0.1) is 20.8 Å². The van der Waals surface area contributed by atoms with Gasteiger partial charge >= 0.3 is 6.09 Å². The van der Waals surface area contributed by atoms with Gasteiger partial charge in [0.05, 0.1) is 24.9 Å². The first-order valence-corrected chi connectivity index (χ1v) is 13.7. The number of benzene rings is 2. The molecule has 0 atom stereocenters. The largest absolute Gasteiger partial charge is 0.453 e. The second-order valence-corrected chi connectivity index (χ2v) is 10.2. The molecule has 0 unspecified atom stereocenters. The van der Waals surface area contributed by atoms with Crippen molar-refractivity contribution >= 4 is 34.3 Å². The number of fused-ring (bicyclic) bond motifs is 1. The van der Waals surface area contributed by atoms with Crippen LogP contribution in [-0.4, -0.2) is 77.9 Å². The van der Waals surface area contributed by atoms with E-state index in [4.69, 9.17) is 4.74 Å². The van der Waals surface area contributed by atoms with Gasteiger partial charge in [-0.25, -0.2) is 4.79 Å². The quantitative estimate of drug-likeness (QED) is 0.373. The zero-order valence-corrected chi connectivity index (χ0v) is 23.8. The number of aliphatic hydroxyl groups excluding tert-OH is 1. The van der Waals surface area contributed by atoms with E-state index >= 15 is 0 Å². The molecule has 9 nitrogen and oxygen atoms in total. The van der Waals surface area contributed by atoms with Crippen molar-refractivity contribution in [2.75, 3.05) is 57.1 Å². The van der Waals surface area contributed by atoms with E-state index in [1.54, 1.807) is 0 Å². The predicted molar refractivity (Wildman–Crippen MR) is 156 cm³/mol. The first kappa shape index (κ1) is 28.4. The second kappa shape index (κ2) is 12.5. The topological polar surface area (TPSA) is 99.1 Å². The van der Waals surface area contributed by atoms with Gasteiger partial charge in [0.2, 0.25) is 0 Å². The molecule has 4 rings (SSSR count). The summed E-state index contributed by atoms with van der Waals surface area (Å²) in [6.45, 7) is 13.3. The molecule has 9 heteroatoms. The molecule has 3 N–H and O–H groups in total. The van der Waals surface area contributed by atoms with Gasteiger partial charge in [-0.05, 0) is 62.1 Å². The van der Waals surface area contributed by atoms with Crippen molar-refractivity contribution in [2.24, 2.45) is 0 Å². The Kier molecular flexibility index (Phi) is 9.14. The van der Waals surface area contributed by atoms with Gasteiger partial charge in [0.25, 0.3) is 5.91 Å². The van der Waals surface area contributed by atoms with Crippen LogP contribution in [0.25, 0.3) is 10.9 Å². The minimum Gasteiger partial charge on any atom is -0.453 e. The molecule has 0 aliphatic carbocycles. The summed E-state index contributed by atoms with van der Waals surface area (Å²) >= 11 is 0. The summed E-state index contributed by atoms with van der Waals surface area (Å²) in [7, 11) is 1.35. The SMILES string of the molecule is CCCn1c(C)c(C)c2cc(C(=O)N3CCN(CCO)CC3)cc(NCc3c(C)cccc3NC(=O)OC)c21. The summed E-state index contributed by atoms with van der Waals surface area (Å²) in [4.78, 5) is 29.7. The molecular weight excluding hydrogens is 494 g/mol. The van der Waals surface area contributed by atoms with E-state index in [0.717, 1.165) is 53.8 Å². The van der Waals surface area contributed by atoms with Crippen LogP contribution in [0.2, 0.25) is 0 Å². The maximum atomic E-state index is 13.7. The highest BCUT2D eigenvalue weighted by molar-refractivity contribution is 6.04. The highest BCUT2D eigenvalue weighted by Crippen LogP contribution is 2.34. The second-order valence-electron chi connectivity index (χ2n) is 10.2. The van der Waals surface area contributed by atoms with Crippen LogP contribution in [0.1, 0.15) is 46.1 Å². The molecule has 1 aliphatic rings. The van der Waals surface area contributed by atoms with Gasteiger partial charge in [0, 0.05) is 68.1 Å². The fourth-order valence-corrected chi connectivity index (χ4v) is 5.43. The molecule has 2 heterocycles. The molecule has 1 aliphatic heterocycles. The van der Waals surface area contributed by atoms with Crippen LogP contribution >= 0.6 is 0 Å². The summed E-state index contributed by atoms with van der Waals surface area (Å²) in [5.74, 6) is 0.0211. The molecule has 1 aromatic heterocycles. The zero-order chi connectivity index (χ0) is 28.1. The molecule has 2 amide bonds. The predicted octanol–water partition coefficient (Wildman–Crippen LogP) is 4.52. The minimum atomic E-state index is -0.515. The van der Waals surface area contributed by atoms with E-state index in [2.05, 4.69) is 40.9 Å². The number of nitrogens with zero attached hydrogens (tertiary/aromatic N) is 3. The fourth-order valence-electron chi connectivity index (χ4n) is 5.43. The molecule has 1 fully saturated rings. The van der Waals surface area contributed by atoms with E-state index in [0.29, 0.717) is 37.4 Å². The lowest BCUT2D eigenvalue weighted by Crippen LogP contribution is -2.49. The van der Waals surface area contributed by atoms with Crippen molar-refractivity contribution in [1.82, 2.24) is 14.4 Å². The summed E-state index contributed by atoms with van der Waals surface area (Å²) in [5, 5.41) is 16.8. The number of carbonyl (C=O) groups is 2. The number of amides is 2. The maximum Gasteiger partial charge on any atom is 0.411 e. The van der Waals surface area contributed by atoms with E-state index in [1.807, 2.05) is 42.2 Å². The van der Waals surface area contributed by atoms with E-state index < -0.39 is 6.09 Å². The smallest absolute Gasteiger partial charge is 0.411 e. The highest BCUT2D eigenvalue weighted by atomic mass is 16.5. The lowest BCUT2D eigenvalue weighted by Gasteiger charge is -2.34. The lowest BCUT2D eigenvalue weighted by molar-refractivity contribution is 0.0615. The number of carbonyl (C=O) groups excluding carboxylic acids is 2. The van der Waals surface area contributed by atoms with Crippen molar-refractivity contribution in [1.29, 1.82) is 0 Å². The number of rotatable bonds is 9. The molecule has 3 aromatic rings. The van der Waals surface area contributed by atoms with Crippen molar-refractivity contribution in [2.45, 2.75) is 47.2 Å². The molecular formula is C30H41N5O4. The van der Waals surface area contributed by atoms with Crippen molar-refractivity contribution in [3.63, 3.8) is 0 Å². The summed E-state index contributed by atoms with van der Waals surface area (Å²) in [6.07, 6.45) is 0.479.